The zero-order chi connectivity index (χ0) is 12.9. The van der Waals surface area contributed by atoms with Crippen molar-refractivity contribution in [2.45, 2.75) is 5.72 Å². The molecule has 1 aromatic carbocycles. The number of hydrogen-bond donors (Lipinski definition) is 2. The van der Waals surface area contributed by atoms with E-state index < -0.39 is 17.7 Å². The van der Waals surface area contributed by atoms with Crippen molar-refractivity contribution < 1.29 is 24.2 Å². The number of esters is 2. The van der Waals surface area contributed by atoms with Crippen LogP contribution in [-0.4, -0.2) is 37.0 Å². The first kappa shape index (κ1) is 13.0. The Labute approximate surface area is 98.2 Å². The van der Waals surface area contributed by atoms with Gasteiger partial charge in [-0.3, -0.25) is 0 Å². The molecule has 0 bridgehead atoms. The number of hydrogen-bond acceptors (Lipinski definition) is 6. The zero-order valence-corrected chi connectivity index (χ0v) is 9.47. The van der Waals surface area contributed by atoms with E-state index in [9.17, 15) is 14.7 Å². The normalized spacial score (nSPS) is 10.5. The van der Waals surface area contributed by atoms with Crippen molar-refractivity contribution >= 4 is 17.6 Å². The van der Waals surface area contributed by atoms with Gasteiger partial charge in [-0.1, -0.05) is 18.2 Å². The molecule has 0 saturated carbocycles. The number of rotatable bonds is 4. The van der Waals surface area contributed by atoms with Crippen LogP contribution in [0.4, 0.5) is 5.69 Å². The molecule has 0 aliphatic heterocycles. The molecular weight excluding hydrogens is 226 g/mol. The van der Waals surface area contributed by atoms with Crippen molar-refractivity contribution in [2.75, 3.05) is 19.5 Å². The fourth-order valence-electron chi connectivity index (χ4n) is 1.21. The maximum Gasteiger partial charge on any atom is 0.371 e. The second-order valence-corrected chi connectivity index (χ2v) is 3.18. The number of nitrogens with one attached hydrogen (secondary N) is 1. The predicted octanol–water partition coefficient (Wildman–Crippen LogP) is 0.133. The van der Waals surface area contributed by atoms with E-state index in [0.29, 0.717) is 5.69 Å². The third-order valence-corrected chi connectivity index (χ3v) is 2.06. The van der Waals surface area contributed by atoms with Gasteiger partial charge in [0.1, 0.15) is 0 Å². The van der Waals surface area contributed by atoms with Crippen molar-refractivity contribution in [3.63, 3.8) is 0 Å². The van der Waals surface area contributed by atoms with Crippen LogP contribution in [0.2, 0.25) is 0 Å². The van der Waals surface area contributed by atoms with Gasteiger partial charge in [0.05, 0.1) is 14.2 Å². The van der Waals surface area contributed by atoms with Crippen molar-refractivity contribution in [3.8, 4) is 0 Å². The molecule has 0 aliphatic rings. The van der Waals surface area contributed by atoms with E-state index in [0.717, 1.165) is 14.2 Å². The number of anilines is 1. The van der Waals surface area contributed by atoms with Crippen molar-refractivity contribution in [3.05, 3.63) is 30.3 Å². The summed E-state index contributed by atoms with van der Waals surface area (Å²) >= 11 is 0. The molecule has 0 unspecified atom stereocenters. The minimum Gasteiger partial charge on any atom is -0.465 e. The molecule has 0 radical (unpaired) electrons. The molecule has 17 heavy (non-hydrogen) atoms. The maximum atomic E-state index is 11.4. The standard InChI is InChI=1S/C11H13NO5/c1-16-9(13)11(15,10(14)17-2)12-8-6-4-3-5-7-8/h3-7,12,15H,1-2H3. The summed E-state index contributed by atoms with van der Waals surface area (Å²) in [6.07, 6.45) is 0. The lowest BCUT2D eigenvalue weighted by molar-refractivity contribution is -0.176. The van der Waals surface area contributed by atoms with E-state index >= 15 is 0 Å². The fourth-order valence-corrected chi connectivity index (χ4v) is 1.21. The topological polar surface area (TPSA) is 84.9 Å². The first-order valence-electron chi connectivity index (χ1n) is 4.77. The van der Waals surface area contributed by atoms with Crippen LogP contribution in [0, 0.1) is 0 Å². The summed E-state index contributed by atoms with van der Waals surface area (Å²) < 4.78 is 8.72. The highest BCUT2D eigenvalue weighted by atomic mass is 16.6. The first-order chi connectivity index (χ1) is 8.04. The lowest BCUT2D eigenvalue weighted by Crippen LogP contribution is -2.54. The van der Waals surface area contributed by atoms with Gasteiger partial charge in [-0.05, 0) is 12.1 Å². The van der Waals surface area contributed by atoms with Crippen LogP contribution in [0.25, 0.3) is 0 Å². The summed E-state index contributed by atoms with van der Waals surface area (Å²) in [5, 5.41) is 12.3. The van der Waals surface area contributed by atoms with Crippen molar-refractivity contribution in [2.24, 2.45) is 0 Å². The summed E-state index contributed by atoms with van der Waals surface area (Å²) in [6, 6.07) is 8.27. The van der Waals surface area contributed by atoms with E-state index in [1.165, 1.54) is 0 Å². The Hall–Kier alpha value is -2.08. The molecule has 0 fully saturated rings. The van der Waals surface area contributed by atoms with E-state index in [1.54, 1.807) is 30.3 Å². The smallest absolute Gasteiger partial charge is 0.371 e. The van der Waals surface area contributed by atoms with Gasteiger partial charge in [-0.2, -0.15) is 0 Å². The van der Waals surface area contributed by atoms with Crippen molar-refractivity contribution in [1.29, 1.82) is 0 Å². The summed E-state index contributed by atoms with van der Waals surface area (Å²) in [5.74, 6) is -2.29. The highest BCUT2D eigenvalue weighted by Gasteiger charge is 2.47. The van der Waals surface area contributed by atoms with Gasteiger partial charge >= 0.3 is 17.7 Å². The van der Waals surface area contributed by atoms with E-state index in [4.69, 9.17) is 0 Å². The van der Waals surface area contributed by atoms with Crippen LogP contribution in [0.15, 0.2) is 30.3 Å². The molecule has 0 saturated heterocycles. The van der Waals surface area contributed by atoms with Crippen LogP contribution in [0.1, 0.15) is 0 Å². The van der Waals surface area contributed by atoms with Gasteiger partial charge < -0.3 is 19.9 Å². The van der Waals surface area contributed by atoms with Crippen molar-refractivity contribution in [1.82, 2.24) is 0 Å². The monoisotopic (exact) mass is 239 g/mol. The molecule has 0 amide bonds. The lowest BCUT2D eigenvalue weighted by atomic mass is 10.2. The Morgan fingerprint density at radius 2 is 1.59 bits per heavy atom. The summed E-state index contributed by atoms with van der Waals surface area (Å²) in [7, 11) is 2.12. The molecule has 1 rings (SSSR count). The number of carbonyl (C=O) groups is 2. The second kappa shape index (κ2) is 5.31. The SMILES string of the molecule is COC(=O)C(O)(Nc1ccccc1)C(=O)OC. The highest BCUT2D eigenvalue weighted by molar-refractivity contribution is 6.05. The van der Waals surface area contributed by atoms with Crippen LogP contribution in [0.3, 0.4) is 0 Å². The Morgan fingerprint density at radius 1 is 1.12 bits per heavy atom. The van der Waals surface area contributed by atoms with Crippen LogP contribution in [-0.2, 0) is 19.1 Å². The number of aliphatic hydroxyl groups is 1. The summed E-state index contributed by atoms with van der Waals surface area (Å²) in [5.41, 5.74) is -2.17. The average molecular weight is 239 g/mol. The molecule has 0 heterocycles. The number of ether oxygens (including phenoxy) is 2. The predicted molar refractivity (Wildman–Crippen MR) is 59.0 cm³/mol. The average Bonchev–Trinajstić information content (AvgIpc) is 2.37. The summed E-state index contributed by atoms with van der Waals surface area (Å²) in [4.78, 5) is 22.8. The first-order valence-corrected chi connectivity index (χ1v) is 4.77. The van der Waals surface area contributed by atoms with E-state index in [1.807, 2.05) is 0 Å². The maximum absolute atomic E-state index is 11.4. The molecular formula is C11H13NO5. The molecule has 2 N–H and O–H groups in total. The Bertz CT molecular complexity index is 388. The fraction of sp³-hybridized carbons (Fsp3) is 0.273. The van der Waals surface area contributed by atoms with Gasteiger partial charge in [0, 0.05) is 5.69 Å². The minimum atomic E-state index is -2.55. The molecule has 0 aliphatic carbocycles. The van der Waals surface area contributed by atoms with Gasteiger partial charge in [-0.15, -0.1) is 0 Å². The van der Waals surface area contributed by atoms with Gasteiger partial charge in [0.25, 0.3) is 0 Å². The third kappa shape index (κ3) is 2.73. The van der Waals surface area contributed by atoms with Crippen LogP contribution < -0.4 is 5.32 Å². The molecule has 92 valence electrons. The number of para-hydroxylation sites is 1. The molecule has 6 nitrogen and oxygen atoms in total. The van der Waals surface area contributed by atoms with Gasteiger partial charge in [-0.25, -0.2) is 9.59 Å². The summed E-state index contributed by atoms with van der Waals surface area (Å²) in [6.45, 7) is 0. The number of methoxy groups -OCH3 is 2. The number of benzene rings is 1. The van der Waals surface area contributed by atoms with E-state index in [-0.39, 0.29) is 0 Å². The Kier molecular flexibility index (Phi) is 4.06. The zero-order valence-electron chi connectivity index (χ0n) is 9.47. The minimum absolute atomic E-state index is 0.380. The van der Waals surface area contributed by atoms with Crippen LogP contribution >= 0.6 is 0 Å². The molecule has 0 atom stereocenters. The van der Waals surface area contributed by atoms with E-state index in [2.05, 4.69) is 14.8 Å². The van der Waals surface area contributed by atoms with Crippen LogP contribution in [0.5, 0.6) is 0 Å². The number of carbonyl (C=O) groups excluding carboxylic acids is 2. The third-order valence-electron chi connectivity index (χ3n) is 2.06. The molecule has 6 heteroatoms. The largest absolute Gasteiger partial charge is 0.465 e. The van der Waals surface area contributed by atoms with Gasteiger partial charge in [0.15, 0.2) is 0 Å². The quantitative estimate of drug-likeness (QED) is 0.441. The highest BCUT2D eigenvalue weighted by Crippen LogP contribution is 2.15. The molecule has 0 spiro atoms. The Morgan fingerprint density at radius 3 is 2.00 bits per heavy atom. The van der Waals surface area contributed by atoms with Gasteiger partial charge in [0.2, 0.25) is 0 Å². The second-order valence-electron chi connectivity index (χ2n) is 3.18. The Balaban J connectivity index is 3.00. The lowest BCUT2D eigenvalue weighted by Gasteiger charge is -2.24. The molecule has 0 aromatic heterocycles. The molecule has 1 aromatic rings.